The fraction of sp³-hybridized carbons (Fsp3) is 0.615. The van der Waals surface area contributed by atoms with Crippen LogP contribution in [0.15, 0.2) is 6.20 Å². The minimum atomic E-state index is -1.08. The molecule has 0 saturated heterocycles. The molecular weight excluding hydrogens is 246 g/mol. The molecule has 6 nitrogen and oxygen atoms in total. The summed E-state index contributed by atoms with van der Waals surface area (Å²) in [5.74, 6) is -1.12. The molecule has 0 aliphatic heterocycles. The maximum Gasteiger partial charge on any atom is 0.309 e. The quantitative estimate of drug-likeness (QED) is 0.854. The number of amides is 1. The Kier molecular flexibility index (Phi) is 4.34. The van der Waals surface area contributed by atoms with Crippen molar-refractivity contribution < 1.29 is 14.7 Å². The highest BCUT2D eigenvalue weighted by molar-refractivity contribution is 5.94. The molecule has 0 bridgehead atoms. The van der Waals surface area contributed by atoms with Gasteiger partial charge in [0.05, 0.1) is 16.8 Å². The molecule has 0 spiro atoms. The number of anilines is 1. The lowest BCUT2D eigenvalue weighted by Gasteiger charge is -2.18. The predicted molar refractivity (Wildman–Crippen MR) is 72.0 cm³/mol. The third-order valence-corrected chi connectivity index (χ3v) is 2.86. The van der Waals surface area contributed by atoms with Gasteiger partial charge in [-0.15, -0.1) is 0 Å². The molecule has 1 rings (SSSR count). The Bertz CT molecular complexity index is 489. The van der Waals surface area contributed by atoms with Gasteiger partial charge in [-0.3, -0.25) is 14.3 Å². The molecule has 0 aromatic carbocycles. The number of aromatic nitrogens is 2. The first-order chi connectivity index (χ1) is 8.63. The van der Waals surface area contributed by atoms with Gasteiger partial charge in [-0.05, 0) is 19.8 Å². The molecule has 0 fully saturated rings. The summed E-state index contributed by atoms with van der Waals surface area (Å²) in [7, 11) is 1.78. The van der Waals surface area contributed by atoms with E-state index in [-0.39, 0.29) is 18.2 Å². The maximum absolute atomic E-state index is 11.9. The van der Waals surface area contributed by atoms with Crippen LogP contribution in [0.25, 0.3) is 0 Å². The van der Waals surface area contributed by atoms with Crippen molar-refractivity contribution in [3.8, 4) is 0 Å². The van der Waals surface area contributed by atoms with E-state index >= 15 is 0 Å². The third kappa shape index (κ3) is 3.81. The van der Waals surface area contributed by atoms with Crippen molar-refractivity contribution in [1.82, 2.24) is 9.78 Å². The van der Waals surface area contributed by atoms with E-state index in [1.807, 2.05) is 13.8 Å². The van der Waals surface area contributed by atoms with E-state index in [1.165, 1.54) is 13.8 Å². The number of carbonyl (C=O) groups is 2. The summed E-state index contributed by atoms with van der Waals surface area (Å²) in [5.41, 5.74) is 0.359. The van der Waals surface area contributed by atoms with Crippen molar-refractivity contribution >= 4 is 17.6 Å². The number of aryl methyl sites for hydroxylation is 1. The van der Waals surface area contributed by atoms with Crippen molar-refractivity contribution in [3.05, 3.63) is 11.9 Å². The van der Waals surface area contributed by atoms with Gasteiger partial charge < -0.3 is 10.4 Å². The summed E-state index contributed by atoms with van der Waals surface area (Å²) < 4.78 is 1.63. The van der Waals surface area contributed by atoms with Crippen LogP contribution in [0.5, 0.6) is 0 Å². The van der Waals surface area contributed by atoms with Crippen LogP contribution in [-0.2, 0) is 16.6 Å². The number of aliphatic carboxylic acids is 1. The maximum atomic E-state index is 11.9. The van der Waals surface area contributed by atoms with Crippen LogP contribution >= 0.6 is 0 Å². The first-order valence-electron chi connectivity index (χ1n) is 6.20. The molecule has 0 aliphatic rings. The average Bonchev–Trinajstić information content (AvgIpc) is 2.58. The van der Waals surface area contributed by atoms with Gasteiger partial charge >= 0.3 is 5.97 Å². The molecule has 19 heavy (non-hydrogen) atoms. The van der Waals surface area contributed by atoms with Gasteiger partial charge in [0.25, 0.3) is 0 Å². The smallest absolute Gasteiger partial charge is 0.309 e. The zero-order valence-corrected chi connectivity index (χ0v) is 12.0. The van der Waals surface area contributed by atoms with Crippen LogP contribution in [0, 0.1) is 5.41 Å². The van der Waals surface area contributed by atoms with Gasteiger partial charge in [-0.1, -0.05) is 13.8 Å². The number of hydrogen-bond acceptors (Lipinski definition) is 3. The lowest BCUT2D eigenvalue weighted by atomic mass is 9.89. The van der Waals surface area contributed by atoms with Gasteiger partial charge in [0.1, 0.15) is 0 Å². The van der Waals surface area contributed by atoms with E-state index < -0.39 is 11.4 Å². The molecule has 0 atom stereocenters. The first-order valence-corrected chi connectivity index (χ1v) is 6.20. The molecule has 0 unspecified atom stereocenters. The van der Waals surface area contributed by atoms with E-state index in [0.29, 0.717) is 5.69 Å². The number of nitrogens with zero attached hydrogens (tertiary/aromatic N) is 2. The topological polar surface area (TPSA) is 84.2 Å². The summed E-state index contributed by atoms with van der Waals surface area (Å²) >= 11 is 0. The predicted octanol–water partition coefficient (Wildman–Crippen LogP) is 1.98. The van der Waals surface area contributed by atoms with E-state index in [1.54, 1.807) is 17.9 Å². The van der Waals surface area contributed by atoms with E-state index in [0.717, 1.165) is 5.69 Å². The highest BCUT2D eigenvalue weighted by Gasteiger charge is 2.30. The zero-order chi connectivity index (χ0) is 14.8. The highest BCUT2D eigenvalue weighted by atomic mass is 16.4. The van der Waals surface area contributed by atoms with Gasteiger partial charge in [0.15, 0.2) is 0 Å². The van der Waals surface area contributed by atoms with E-state index in [9.17, 15) is 9.59 Å². The van der Waals surface area contributed by atoms with Crippen molar-refractivity contribution in [3.63, 3.8) is 0 Å². The Morgan fingerprint density at radius 2 is 2.05 bits per heavy atom. The van der Waals surface area contributed by atoms with E-state index in [4.69, 9.17) is 5.11 Å². The van der Waals surface area contributed by atoms with Gasteiger partial charge in [-0.2, -0.15) is 5.10 Å². The monoisotopic (exact) mass is 267 g/mol. The summed E-state index contributed by atoms with van der Waals surface area (Å²) in [6.45, 7) is 7.03. The third-order valence-electron chi connectivity index (χ3n) is 2.86. The molecule has 0 saturated carbocycles. The number of hydrogen-bond donors (Lipinski definition) is 2. The van der Waals surface area contributed by atoms with Crippen molar-refractivity contribution in [2.24, 2.45) is 12.5 Å². The van der Waals surface area contributed by atoms with Crippen LogP contribution in [0.3, 0.4) is 0 Å². The van der Waals surface area contributed by atoms with Gasteiger partial charge in [0.2, 0.25) is 5.91 Å². The molecular formula is C13H21N3O3. The van der Waals surface area contributed by atoms with Crippen LogP contribution in [0.1, 0.15) is 45.7 Å². The van der Waals surface area contributed by atoms with Crippen LogP contribution in [0.4, 0.5) is 5.69 Å². The number of carbonyl (C=O) groups excluding carboxylic acids is 1. The van der Waals surface area contributed by atoms with Gasteiger partial charge in [0, 0.05) is 19.7 Å². The number of carboxylic acid groups (broad SMARTS) is 1. The second-order valence-electron chi connectivity index (χ2n) is 5.67. The molecule has 1 heterocycles. The second kappa shape index (κ2) is 5.42. The average molecular weight is 267 g/mol. The molecule has 6 heteroatoms. The minimum Gasteiger partial charge on any atom is -0.481 e. The Balaban J connectivity index is 2.81. The fourth-order valence-corrected chi connectivity index (χ4v) is 1.70. The number of nitrogens with one attached hydrogen (secondary N) is 1. The summed E-state index contributed by atoms with van der Waals surface area (Å²) in [5, 5.41) is 16.0. The first kappa shape index (κ1) is 15.2. The number of carboxylic acids is 1. The molecule has 0 radical (unpaired) electrons. The molecule has 1 amide bonds. The molecule has 1 aromatic rings. The summed E-state index contributed by atoms with van der Waals surface area (Å²) in [4.78, 5) is 22.9. The Hall–Kier alpha value is -1.85. The molecule has 1 aromatic heterocycles. The van der Waals surface area contributed by atoms with E-state index in [2.05, 4.69) is 10.4 Å². The lowest BCUT2D eigenvalue weighted by molar-refractivity contribution is -0.148. The van der Waals surface area contributed by atoms with Crippen molar-refractivity contribution in [2.45, 2.75) is 40.0 Å². The van der Waals surface area contributed by atoms with Crippen LogP contribution in [-0.4, -0.2) is 26.8 Å². The Labute approximate surface area is 112 Å². The summed E-state index contributed by atoms with van der Waals surface area (Å²) in [6, 6.07) is 0. The molecule has 2 N–H and O–H groups in total. The fourth-order valence-electron chi connectivity index (χ4n) is 1.70. The van der Waals surface area contributed by atoms with Crippen molar-refractivity contribution in [1.29, 1.82) is 0 Å². The SMILES string of the molecule is CC(C)c1nn(C)cc1NC(=O)CC(C)(C)C(=O)O. The Morgan fingerprint density at radius 1 is 1.47 bits per heavy atom. The normalized spacial score (nSPS) is 11.7. The zero-order valence-electron chi connectivity index (χ0n) is 12.0. The number of rotatable bonds is 5. The van der Waals surface area contributed by atoms with Crippen molar-refractivity contribution in [2.75, 3.05) is 5.32 Å². The Morgan fingerprint density at radius 3 is 2.53 bits per heavy atom. The second-order valence-corrected chi connectivity index (χ2v) is 5.67. The van der Waals surface area contributed by atoms with Crippen LogP contribution in [0.2, 0.25) is 0 Å². The molecule has 0 aliphatic carbocycles. The minimum absolute atomic E-state index is 0.0746. The molecule has 106 valence electrons. The highest BCUT2D eigenvalue weighted by Crippen LogP contribution is 2.25. The standard InChI is InChI=1S/C13H21N3O3/c1-8(2)11-9(7-16(5)15-11)14-10(17)6-13(3,4)12(18)19/h7-8H,6H2,1-5H3,(H,14,17)(H,18,19). The van der Waals surface area contributed by atoms with Gasteiger partial charge in [-0.25, -0.2) is 0 Å². The lowest BCUT2D eigenvalue weighted by Crippen LogP contribution is -2.29. The summed E-state index contributed by atoms with van der Waals surface area (Å²) in [6.07, 6.45) is 1.65. The van der Waals surface area contributed by atoms with Crippen LogP contribution < -0.4 is 5.32 Å². The largest absolute Gasteiger partial charge is 0.481 e.